The summed E-state index contributed by atoms with van der Waals surface area (Å²) in [6.45, 7) is -2.77. The van der Waals surface area contributed by atoms with Gasteiger partial charge in [0.15, 0.2) is 0 Å². The summed E-state index contributed by atoms with van der Waals surface area (Å²) in [5, 5.41) is 3.44. The van der Waals surface area contributed by atoms with E-state index in [4.69, 9.17) is 0 Å². The average molecular weight is 269 g/mol. The number of ether oxygens (including phenoxy) is 1. The van der Waals surface area contributed by atoms with E-state index < -0.39 is 6.61 Å². The molecule has 106 valence electrons. The Bertz CT molecular complexity index is 376. The second kappa shape index (κ2) is 7.31. The quantitative estimate of drug-likeness (QED) is 0.846. The number of nitrogens with one attached hydrogen (secondary N) is 1. The van der Waals surface area contributed by atoms with Crippen molar-refractivity contribution in [3.8, 4) is 5.75 Å². The highest BCUT2D eigenvalue weighted by Gasteiger charge is 2.11. The Morgan fingerprint density at radius 1 is 1.05 bits per heavy atom. The number of hydrogen-bond donors (Lipinski definition) is 1. The lowest BCUT2D eigenvalue weighted by Crippen LogP contribution is -2.20. The maximum Gasteiger partial charge on any atom is 0.387 e. The van der Waals surface area contributed by atoms with Crippen LogP contribution in [0.1, 0.15) is 44.9 Å². The average Bonchev–Trinajstić information content (AvgIpc) is 2.32. The first-order chi connectivity index (χ1) is 9.24. The summed E-state index contributed by atoms with van der Waals surface area (Å²) in [6, 6.07) is 7.28. The molecule has 0 bridgehead atoms. The largest absolute Gasteiger partial charge is 0.435 e. The fourth-order valence-corrected chi connectivity index (χ4v) is 2.60. The lowest BCUT2D eigenvalue weighted by molar-refractivity contribution is -0.0498. The highest BCUT2D eigenvalue weighted by molar-refractivity contribution is 5.48. The van der Waals surface area contributed by atoms with Crippen LogP contribution in [0.25, 0.3) is 0 Å². The number of hydrogen-bond acceptors (Lipinski definition) is 2. The summed E-state index contributed by atoms with van der Waals surface area (Å²) in [4.78, 5) is 0. The lowest BCUT2D eigenvalue weighted by atomic mass is 9.96. The van der Waals surface area contributed by atoms with Gasteiger partial charge in [0.25, 0.3) is 0 Å². The summed E-state index contributed by atoms with van der Waals surface area (Å²) >= 11 is 0. The normalized spacial score (nSPS) is 17.8. The molecule has 19 heavy (non-hydrogen) atoms. The van der Waals surface area contributed by atoms with Gasteiger partial charge in [-0.15, -0.1) is 0 Å². The number of rotatable bonds is 4. The Labute approximate surface area is 113 Å². The molecule has 2 nitrogen and oxygen atoms in total. The summed E-state index contributed by atoms with van der Waals surface area (Å²) in [5.74, 6) is 0.214. The molecule has 0 unspecified atom stereocenters. The molecule has 4 heteroatoms. The molecule has 0 radical (unpaired) electrons. The van der Waals surface area contributed by atoms with Crippen LogP contribution in [0.5, 0.6) is 5.75 Å². The van der Waals surface area contributed by atoms with Gasteiger partial charge in [-0.05, 0) is 25.0 Å². The zero-order chi connectivity index (χ0) is 13.5. The van der Waals surface area contributed by atoms with E-state index >= 15 is 0 Å². The first-order valence-corrected chi connectivity index (χ1v) is 7.05. The van der Waals surface area contributed by atoms with Gasteiger partial charge < -0.3 is 10.1 Å². The van der Waals surface area contributed by atoms with Crippen LogP contribution in [-0.2, 0) is 0 Å². The molecule has 0 saturated heterocycles. The van der Waals surface area contributed by atoms with E-state index in [-0.39, 0.29) is 5.75 Å². The summed E-state index contributed by atoms with van der Waals surface area (Å²) in [6.07, 6.45) is 8.72. The van der Waals surface area contributed by atoms with E-state index in [0.29, 0.717) is 6.04 Å². The van der Waals surface area contributed by atoms with Crippen molar-refractivity contribution in [2.45, 2.75) is 57.6 Å². The van der Waals surface area contributed by atoms with E-state index in [0.717, 1.165) is 18.5 Å². The summed E-state index contributed by atoms with van der Waals surface area (Å²) in [7, 11) is 0. The number of benzene rings is 1. The summed E-state index contributed by atoms with van der Waals surface area (Å²) < 4.78 is 28.7. The van der Waals surface area contributed by atoms with Gasteiger partial charge in [-0.1, -0.05) is 38.2 Å². The minimum Gasteiger partial charge on any atom is -0.435 e. The Kier molecular flexibility index (Phi) is 5.43. The van der Waals surface area contributed by atoms with Crippen LogP contribution in [0.3, 0.4) is 0 Å². The molecule has 1 fully saturated rings. The van der Waals surface area contributed by atoms with E-state index in [1.165, 1.54) is 32.1 Å². The second-order valence-corrected chi connectivity index (χ2v) is 5.09. The zero-order valence-corrected chi connectivity index (χ0v) is 11.1. The van der Waals surface area contributed by atoms with Crippen LogP contribution in [0.15, 0.2) is 24.3 Å². The third-order valence-electron chi connectivity index (χ3n) is 3.54. The maximum atomic E-state index is 12.2. The monoisotopic (exact) mass is 269 g/mol. The minimum absolute atomic E-state index is 0.214. The Balaban J connectivity index is 1.93. The molecule has 2 rings (SSSR count). The van der Waals surface area contributed by atoms with E-state index in [9.17, 15) is 8.78 Å². The first kappa shape index (κ1) is 14.1. The first-order valence-electron chi connectivity index (χ1n) is 7.05. The van der Waals surface area contributed by atoms with Gasteiger partial charge in [-0.25, -0.2) is 0 Å². The molecule has 1 aromatic rings. The predicted octanol–water partition coefficient (Wildman–Crippen LogP) is 4.81. The highest BCUT2D eigenvalue weighted by atomic mass is 19.3. The van der Waals surface area contributed by atoms with Crippen molar-refractivity contribution in [3.63, 3.8) is 0 Å². The molecule has 1 N–H and O–H groups in total. The maximum absolute atomic E-state index is 12.2. The molecule has 1 aliphatic carbocycles. The van der Waals surface area contributed by atoms with Crippen molar-refractivity contribution in [2.75, 3.05) is 5.32 Å². The molecular weight excluding hydrogens is 248 g/mol. The molecule has 0 heterocycles. The SMILES string of the molecule is FC(F)Oc1cccc(NC2CCCCCCC2)c1. The number of anilines is 1. The highest BCUT2D eigenvalue weighted by Crippen LogP contribution is 2.24. The van der Waals surface area contributed by atoms with Crippen molar-refractivity contribution in [2.24, 2.45) is 0 Å². The molecule has 0 aromatic heterocycles. The number of alkyl halides is 2. The second-order valence-electron chi connectivity index (χ2n) is 5.09. The molecule has 1 aliphatic rings. The smallest absolute Gasteiger partial charge is 0.387 e. The Hall–Kier alpha value is -1.32. The minimum atomic E-state index is -2.77. The molecule has 0 amide bonds. The van der Waals surface area contributed by atoms with Gasteiger partial charge in [0, 0.05) is 17.8 Å². The van der Waals surface area contributed by atoms with Crippen molar-refractivity contribution < 1.29 is 13.5 Å². The van der Waals surface area contributed by atoms with Gasteiger partial charge in [0.2, 0.25) is 0 Å². The van der Waals surface area contributed by atoms with Gasteiger partial charge in [-0.3, -0.25) is 0 Å². The van der Waals surface area contributed by atoms with E-state index in [1.807, 2.05) is 6.07 Å². The van der Waals surface area contributed by atoms with Crippen molar-refractivity contribution in [1.29, 1.82) is 0 Å². The summed E-state index contributed by atoms with van der Waals surface area (Å²) in [5.41, 5.74) is 0.865. The van der Waals surface area contributed by atoms with E-state index in [2.05, 4.69) is 10.1 Å². The fourth-order valence-electron chi connectivity index (χ4n) is 2.60. The lowest BCUT2D eigenvalue weighted by Gasteiger charge is -2.22. The molecule has 1 saturated carbocycles. The molecule has 1 aromatic carbocycles. The topological polar surface area (TPSA) is 21.3 Å². The Morgan fingerprint density at radius 2 is 1.74 bits per heavy atom. The van der Waals surface area contributed by atoms with Crippen LogP contribution in [0, 0.1) is 0 Å². The van der Waals surface area contributed by atoms with Crippen molar-refractivity contribution in [1.82, 2.24) is 0 Å². The van der Waals surface area contributed by atoms with Gasteiger partial charge in [0.05, 0.1) is 0 Å². The van der Waals surface area contributed by atoms with Crippen LogP contribution < -0.4 is 10.1 Å². The Morgan fingerprint density at radius 3 is 2.42 bits per heavy atom. The van der Waals surface area contributed by atoms with Gasteiger partial charge in [-0.2, -0.15) is 8.78 Å². The number of halogens is 2. The standard InChI is InChI=1S/C15H21F2NO/c16-15(17)19-14-10-6-9-13(11-14)18-12-7-4-2-1-3-5-8-12/h6,9-12,15,18H,1-5,7-8H2. The fraction of sp³-hybridized carbons (Fsp3) is 0.600. The molecule has 0 aliphatic heterocycles. The third kappa shape index (κ3) is 5.05. The zero-order valence-electron chi connectivity index (χ0n) is 11.1. The molecule has 0 spiro atoms. The van der Waals surface area contributed by atoms with Crippen LogP contribution in [0.4, 0.5) is 14.5 Å². The van der Waals surface area contributed by atoms with E-state index in [1.54, 1.807) is 18.2 Å². The van der Waals surface area contributed by atoms with Crippen LogP contribution in [0.2, 0.25) is 0 Å². The molecule has 0 atom stereocenters. The van der Waals surface area contributed by atoms with Crippen molar-refractivity contribution >= 4 is 5.69 Å². The van der Waals surface area contributed by atoms with Crippen LogP contribution >= 0.6 is 0 Å². The molecular formula is C15H21F2NO. The third-order valence-corrected chi connectivity index (χ3v) is 3.54. The van der Waals surface area contributed by atoms with Crippen molar-refractivity contribution in [3.05, 3.63) is 24.3 Å². The van der Waals surface area contributed by atoms with Crippen LogP contribution in [-0.4, -0.2) is 12.7 Å². The van der Waals surface area contributed by atoms with Gasteiger partial charge >= 0.3 is 6.61 Å². The predicted molar refractivity (Wildman–Crippen MR) is 72.8 cm³/mol. The van der Waals surface area contributed by atoms with Gasteiger partial charge in [0.1, 0.15) is 5.75 Å².